The standard InChI is InChI=1S/C18H28ClNO2/c1-13-6-5-9-18(14(13)2)20-10-16(21)12-22-11-15-7-3-4-8-17(15)19/h3-4,7-8,13-14,16,18,20-21H,5-6,9-12H2,1-2H3/t13-,14+,16-,18+/m0/s1. The molecule has 1 saturated carbocycles. The first-order valence-corrected chi connectivity index (χ1v) is 8.68. The summed E-state index contributed by atoms with van der Waals surface area (Å²) in [6.45, 7) is 5.98. The average molecular weight is 326 g/mol. The van der Waals surface area contributed by atoms with Crippen molar-refractivity contribution in [3.63, 3.8) is 0 Å². The molecule has 0 amide bonds. The number of rotatable bonds is 7. The molecule has 1 aliphatic carbocycles. The molecule has 4 heteroatoms. The number of hydrogen-bond acceptors (Lipinski definition) is 3. The van der Waals surface area contributed by atoms with Gasteiger partial charge in [-0.05, 0) is 29.9 Å². The van der Waals surface area contributed by atoms with Crippen LogP contribution in [0.4, 0.5) is 0 Å². The van der Waals surface area contributed by atoms with E-state index in [2.05, 4.69) is 19.2 Å². The Hall–Kier alpha value is -0.610. The van der Waals surface area contributed by atoms with E-state index in [4.69, 9.17) is 16.3 Å². The Bertz CT molecular complexity index is 454. The number of aliphatic hydroxyl groups excluding tert-OH is 1. The second-order valence-corrected chi connectivity index (χ2v) is 6.95. The molecule has 0 heterocycles. The third-order valence-corrected chi connectivity index (χ3v) is 5.22. The van der Waals surface area contributed by atoms with E-state index in [9.17, 15) is 5.11 Å². The van der Waals surface area contributed by atoms with Gasteiger partial charge in [-0.15, -0.1) is 0 Å². The third-order valence-electron chi connectivity index (χ3n) is 4.85. The molecule has 1 fully saturated rings. The molecule has 1 aromatic rings. The van der Waals surface area contributed by atoms with Crippen LogP contribution < -0.4 is 5.32 Å². The van der Waals surface area contributed by atoms with Gasteiger partial charge in [0.05, 0.1) is 19.3 Å². The normalized spacial score (nSPS) is 26.8. The fourth-order valence-electron chi connectivity index (χ4n) is 3.14. The van der Waals surface area contributed by atoms with Crippen LogP contribution in [0.5, 0.6) is 0 Å². The SMILES string of the molecule is C[C@@H]1[C@@H](C)CCC[C@H]1NC[C@H](O)COCc1ccccc1Cl. The minimum Gasteiger partial charge on any atom is -0.389 e. The van der Waals surface area contributed by atoms with E-state index in [1.54, 1.807) is 0 Å². The van der Waals surface area contributed by atoms with Crippen molar-refractivity contribution in [3.8, 4) is 0 Å². The molecule has 1 aromatic carbocycles. The molecule has 0 radical (unpaired) electrons. The molecule has 4 atom stereocenters. The van der Waals surface area contributed by atoms with Crippen LogP contribution in [-0.2, 0) is 11.3 Å². The highest BCUT2D eigenvalue weighted by molar-refractivity contribution is 6.31. The first kappa shape index (κ1) is 17.7. The van der Waals surface area contributed by atoms with Gasteiger partial charge < -0.3 is 15.2 Å². The number of nitrogens with one attached hydrogen (secondary N) is 1. The molecule has 0 spiro atoms. The highest BCUT2D eigenvalue weighted by Crippen LogP contribution is 2.29. The highest BCUT2D eigenvalue weighted by Gasteiger charge is 2.26. The fourth-order valence-corrected chi connectivity index (χ4v) is 3.33. The van der Waals surface area contributed by atoms with Crippen LogP contribution in [0.15, 0.2) is 24.3 Å². The number of aliphatic hydroxyl groups is 1. The zero-order chi connectivity index (χ0) is 15.9. The molecule has 0 bridgehead atoms. The lowest BCUT2D eigenvalue weighted by atomic mass is 9.78. The molecule has 2 rings (SSSR count). The van der Waals surface area contributed by atoms with Crippen LogP contribution in [0.3, 0.4) is 0 Å². The smallest absolute Gasteiger partial charge is 0.0897 e. The molecule has 0 unspecified atom stereocenters. The van der Waals surface area contributed by atoms with Gasteiger partial charge in [0.1, 0.15) is 0 Å². The Balaban J connectivity index is 1.66. The topological polar surface area (TPSA) is 41.5 Å². The number of benzene rings is 1. The van der Waals surface area contributed by atoms with Crippen molar-refractivity contribution in [1.82, 2.24) is 5.32 Å². The molecule has 0 aliphatic heterocycles. The lowest BCUT2D eigenvalue weighted by Gasteiger charge is -2.35. The second kappa shape index (κ2) is 8.88. The van der Waals surface area contributed by atoms with E-state index in [1.165, 1.54) is 19.3 Å². The maximum Gasteiger partial charge on any atom is 0.0897 e. The molecule has 124 valence electrons. The number of ether oxygens (including phenoxy) is 1. The van der Waals surface area contributed by atoms with Crippen LogP contribution in [0.25, 0.3) is 0 Å². The van der Waals surface area contributed by atoms with E-state index in [-0.39, 0.29) is 0 Å². The number of hydrogen-bond donors (Lipinski definition) is 2. The Morgan fingerprint density at radius 3 is 2.86 bits per heavy atom. The van der Waals surface area contributed by atoms with Crippen LogP contribution in [-0.4, -0.2) is 30.4 Å². The zero-order valence-corrected chi connectivity index (χ0v) is 14.4. The van der Waals surface area contributed by atoms with Crippen molar-refractivity contribution < 1.29 is 9.84 Å². The number of halogens is 1. The Labute approximate surface area is 139 Å². The van der Waals surface area contributed by atoms with Crippen molar-refractivity contribution >= 4 is 11.6 Å². The minimum atomic E-state index is -0.480. The highest BCUT2D eigenvalue weighted by atomic mass is 35.5. The minimum absolute atomic E-state index is 0.328. The van der Waals surface area contributed by atoms with Crippen molar-refractivity contribution in [2.45, 2.75) is 51.9 Å². The van der Waals surface area contributed by atoms with E-state index in [1.807, 2.05) is 24.3 Å². The third kappa shape index (κ3) is 5.24. The summed E-state index contributed by atoms with van der Waals surface area (Å²) in [6.07, 6.45) is 3.33. The lowest BCUT2D eigenvalue weighted by molar-refractivity contribution is 0.0251. The molecular formula is C18H28ClNO2. The van der Waals surface area contributed by atoms with Crippen LogP contribution in [0.1, 0.15) is 38.7 Å². The van der Waals surface area contributed by atoms with Crippen molar-refractivity contribution in [1.29, 1.82) is 0 Å². The van der Waals surface area contributed by atoms with Crippen molar-refractivity contribution in [3.05, 3.63) is 34.9 Å². The van der Waals surface area contributed by atoms with E-state index in [0.29, 0.717) is 36.7 Å². The van der Waals surface area contributed by atoms with Gasteiger partial charge in [-0.2, -0.15) is 0 Å². The molecule has 22 heavy (non-hydrogen) atoms. The van der Waals surface area contributed by atoms with Crippen molar-refractivity contribution in [2.75, 3.05) is 13.2 Å². The predicted octanol–water partition coefficient (Wildman–Crippen LogP) is 3.63. The summed E-state index contributed by atoms with van der Waals surface area (Å²) in [5, 5.41) is 14.3. The van der Waals surface area contributed by atoms with Gasteiger partial charge in [0.15, 0.2) is 0 Å². The summed E-state index contributed by atoms with van der Waals surface area (Å²) in [5.41, 5.74) is 0.957. The van der Waals surface area contributed by atoms with Crippen LogP contribution in [0.2, 0.25) is 5.02 Å². The van der Waals surface area contributed by atoms with Gasteiger partial charge in [0, 0.05) is 17.6 Å². The Morgan fingerprint density at radius 1 is 1.32 bits per heavy atom. The van der Waals surface area contributed by atoms with Crippen molar-refractivity contribution in [2.24, 2.45) is 11.8 Å². The summed E-state index contributed by atoms with van der Waals surface area (Å²) in [6, 6.07) is 8.15. The predicted molar refractivity (Wildman–Crippen MR) is 91.1 cm³/mol. The van der Waals surface area contributed by atoms with E-state index >= 15 is 0 Å². The summed E-state index contributed by atoms with van der Waals surface area (Å²) in [7, 11) is 0. The molecule has 2 N–H and O–H groups in total. The zero-order valence-electron chi connectivity index (χ0n) is 13.6. The second-order valence-electron chi connectivity index (χ2n) is 6.54. The van der Waals surface area contributed by atoms with E-state index in [0.717, 1.165) is 11.5 Å². The van der Waals surface area contributed by atoms with Gasteiger partial charge in [0.25, 0.3) is 0 Å². The molecular weight excluding hydrogens is 298 g/mol. The molecule has 0 saturated heterocycles. The molecule has 0 aromatic heterocycles. The maximum absolute atomic E-state index is 10.1. The summed E-state index contributed by atoms with van der Waals surface area (Å²) in [4.78, 5) is 0. The quantitative estimate of drug-likeness (QED) is 0.804. The van der Waals surface area contributed by atoms with Crippen LogP contribution >= 0.6 is 11.6 Å². The molecule has 1 aliphatic rings. The van der Waals surface area contributed by atoms with Gasteiger partial charge in [-0.25, -0.2) is 0 Å². The lowest BCUT2D eigenvalue weighted by Crippen LogP contribution is -2.44. The maximum atomic E-state index is 10.1. The van der Waals surface area contributed by atoms with Gasteiger partial charge >= 0.3 is 0 Å². The average Bonchev–Trinajstić information content (AvgIpc) is 2.51. The monoisotopic (exact) mass is 325 g/mol. The molecule has 3 nitrogen and oxygen atoms in total. The van der Waals surface area contributed by atoms with Gasteiger partial charge in [-0.1, -0.05) is 56.5 Å². The summed E-state index contributed by atoms with van der Waals surface area (Å²) < 4.78 is 5.58. The van der Waals surface area contributed by atoms with Crippen LogP contribution in [0, 0.1) is 11.8 Å². The summed E-state index contributed by atoms with van der Waals surface area (Å²) >= 11 is 6.08. The van der Waals surface area contributed by atoms with Gasteiger partial charge in [-0.3, -0.25) is 0 Å². The Morgan fingerprint density at radius 2 is 2.09 bits per heavy atom. The van der Waals surface area contributed by atoms with E-state index < -0.39 is 6.10 Å². The summed E-state index contributed by atoms with van der Waals surface area (Å²) in [5.74, 6) is 1.44. The first-order valence-electron chi connectivity index (χ1n) is 8.30. The Kier molecular flexibility index (Phi) is 7.16. The first-order chi connectivity index (χ1) is 10.6. The fraction of sp³-hybridized carbons (Fsp3) is 0.667. The van der Waals surface area contributed by atoms with Gasteiger partial charge in [0.2, 0.25) is 0 Å². The largest absolute Gasteiger partial charge is 0.389 e.